The Kier molecular flexibility index (Phi) is 7.85. The molecule has 1 saturated carbocycles. The fourth-order valence-corrected chi connectivity index (χ4v) is 7.74. The predicted octanol–water partition coefficient (Wildman–Crippen LogP) is 7.69. The summed E-state index contributed by atoms with van der Waals surface area (Å²) in [7, 11) is 0. The zero-order valence-electron chi connectivity index (χ0n) is 25.5. The third-order valence-electron chi connectivity index (χ3n) is 9.73. The van der Waals surface area contributed by atoms with Gasteiger partial charge in [0.25, 0.3) is 5.91 Å². The molecule has 1 aliphatic carbocycles. The minimum absolute atomic E-state index is 0.0189. The summed E-state index contributed by atoms with van der Waals surface area (Å²) in [5.41, 5.74) is -12.2. The van der Waals surface area contributed by atoms with Gasteiger partial charge in [0, 0.05) is 17.8 Å². The first-order valence-corrected chi connectivity index (χ1v) is 15.0. The highest BCUT2D eigenvalue weighted by Crippen LogP contribution is 2.72. The van der Waals surface area contributed by atoms with Crippen molar-refractivity contribution in [3.8, 4) is 18.2 Å². The van der Waals surface area contributed by atoms with Crippen molar-refractivity contribution in [1.82, 2.24) is 0 Å². The zero-order chi connectivity index (χ0) is 36.3. The molecule has 6 rings (SSSR count). The topological polar surface area (TPSA) is 136 Å². The summed E-state index contributed by atoms with van der Waals surface area (Å²) in [4.78, 5) is 15.6. The Morgan fingerprint density at radius 3 is 1.64 bits per heavy atom. The van der Waals surface area contributed by atoms with E-state index in [-0.39, 0.29) is 16.8 Å². The van der Waals surface area contributed by atoms with Crippen LogP contribution in [0.4, 0.5) is 32.0 Å². The maximum atomic E-state index is 14.9. The lowest BCUT2D eigenvalue weighted by Crippen LogP contribution is -2.67. The second-order valence-corrected chi connectivity index (χ2v) is 12.1. The number of amides is 1. The van der Waals surface area contributed by atoms with Crippen molar-refractivity contribution >= 4 is 17.4 Å². The van der Waals surface area contributed by atoms with Gasteiger partial charge in [0.1, 0.15) is 5.84 Å². The fraction of sp³-hybridized carbons (Fsp3) is 0.216. The third kappa shape index (κ3) is 4.60. The van der Waals surface area contributed by atoms with E-state index in [1.165, 1.54) is 48.5 Å². The molecule has 250 valence electrons. The van der Waals surface area contributed by atoms with Crippen molar-refractivity contribution in [3.63, 3.8) is 0 Å². The van der Waals surface area contributed by atoms with Crippen LogP contribution in [0.2, 0.25) is 0 Å². The summed E-state index contributed by atoms with van der Waals surface area (Å²) < 4.78 is 84.9. The zero-order valence-corrected chi connectivity index (χ0v) is 25.5. The van der Waals surface area contributed by atoms with E-state index in [4.69, 9.17) is 0 Å². The van der Waals surface area contributed by atoms with Gasteiger partial charge in [0.15, 0.2) is 16.4 Å². The maximum Gasteiger partial charge on any atom is 0.416 e. The van der Waals surface area contributed by atoms with Crippen LogP contribution in [-0.4, -0.2) is 22.5 Å². The van der Waals surface area contributed by atoms with Gasteiger partial charge in [0.2, 0.25) is 0 Å². The number of nitrogens with one attached hydrogen (secondary N) is 1. The van der Waals surface area contributed by atoms with Crippen LogP contribution in [0.3, 0.4) is 0 Å². The van der Waals surface area contributed by atoms with E-state index in [9.17, 15) is 57.4 Å². The number of fused-ring (bicyclic) bond motifs is 1. The molecule has 13 heteroatoms. The van der Waals surface area contributed by atoms with Crippen LogP contribution < -0.4 is 4.90 Å². The highest BCUT2D eigenvalue weighted by Gasteiger charge is 2.83. The average molecular weight is 684 g/mol. The van der Waals surface area contributed by atoms with Gasteiger partial charge in [-0.2, -0.15) is 42.1 Å². The van der Waals surface area contributed by atoms with E-state index in [1.807, 2.05) is 18.2 Å². The van der Waals surface area contributed by atoms with Crippen LogP contribution in [0.5, 0.6) is 0 Å². The number of hydrogen-bond donors (Lipinski definition) is 2. The van der Waals surface area contributed by atoms with E-state index in [0.29, 0.717) is 23.1 Å². The Morgan fingerprint density at radius 2 is 1.14 bits per heavy atom. The van der Waals surface area contributed by atoms with Gasteiger partial charge in [-0.25, -0.2) is 0 Å². The molecule has 50 heavy (non-hydrogen) atoms. The summed E-state index contributed by atoms with van der Waals surface area (Å²) >= 11 is 0. The van der Waals surface area contributed by atoms with Crippen LogP contribution in [0.15, 0.2) is 109 Å². The van der Waals surface area contributed by atoms with Crippen molar-refractivity contribution in [3.05, 3.63) is 137 Å². The molecule has 2 aliphatic rings. The number of benzene rings is 4. The van der Waals surface area contributed by atoms with Gasteiger partial charge in [-0.1, -0.05) is 84.9 Å². The number of nitriles is 3. The first-order valence-electron chi connectivity index (χ1n) is 15.0. The van der Waals surface area contributed by atoms with Gasteiger partial charge < -0.3 is 5.11 Å². The highest BCUT2D eigenvalue weighted by atomic mass is 19.4. The van der Waals surface area contributed by atoms with Gasteiger partial charge >= 0.3 is 12.4 Å². The standard InChI is InChI=1S/C37H23F6N5O2/c38-36(39,40)25-13-7-11-23(17-25)28-29(22-9-3-1-4-10-22)35(50)32(49)48(27-15-5-2-6-16-27)31(47)34(35,21-46)30(33(28,19-44)20-45)24-12-8-14-26(18-24)37(41,42)43/h1-18,28-30,47,50H/t28-,29-,30+,34+,35+/m0/s1. The Morgan fingerprint density at radius 1 is 0.660 bits per heavy atom. The number of carbonyl (C=O) groups is 1. The molecule has 1 amide bonds. The minimum atomic E-state index is -4.98. The van der Waals surface area contributed by atoms with E-state index < -0.39 is 75.0 Å². The van der Waals surface area contributed by atoms with Crippen LogP contribution >= 0.6 is 0 Å². The molecule has 0 spiro atoms. The molecule has 1 saturated heterocycles. The van der Waals surface area contributed by atoms with E-state index in [1.54, 1.807) is 12.1 Å². The molecule has 4 aromatic rings. The molecule has 4 aromatic carbocycles. The van der Waals surface area contributed by atoms with E-state index in [0.717, 1.165) is 30.3 Å². The molecular weight excluding hydrogens is 660 g/mol. The number of aliphatic hydroxyl groups is 1. The number of alkyl halides is 6. The van der Waals surface area contributed by atoms with Gasteiger partial charge in [-0.05, 0) is 41.0 Å². The summed E-state index contributed by atoms with van der Waals surface area (Å²) in [6.07, 6.45) is -9.91. The summed E-state index contributed by atoms with van der Waals surface area (Å²) in [6.45, 7) is 0. The molecule has 0 unspecified atom stereocenters. The van der Waals surface area contributed by atoms with Crippen LogP contribution in [-0.2, 0) is 17.1 Å². The predicted molar refractivity (Wildman–Crippen MR) is 166 cm³/mol. The van der Waals surface area contributed by atoms with Gasteiger partial charge in [0.05, 0.1) is 35.0 Å². The van der Waals surface area contributed by atoms with Crippen molar-refractivity contribution < 1.29 is 36.2 Å². The lowest BCUT2D eigenvalue weighted by atomic mass is 9.40. The maximum absolute atomic E-state index is 14.9. The monoisotopic (exact) mass is 683 g/mol. The summed E-state index contributed by atoms with van der Waals surface area (Å²) in [5.74, 6) is -8.18. The quantitative estimate of drug-likeness (QED) is 0.213. The van der Waals surface area contributed by atoms with Crippen LogP contribution in [0.1, 0.15) is 45.6 Å². The largest absolute Gasteiger partial charge is 0.416 e. The third-order valence-corrected chi connectivity index (χ3v) is 9.73. The summed E-state index contributed by atoms with van der Waals surface area (Å²) in [6, 6.07) is 26.9. The molecule has 1 heterocycles. The molecule has 1 aliphatic heterocycles. The fourth-order valence-electron chi connectivity index (χ4n) is 7.74. The normalized spacial score (nSPS) is 26.0. The van der Waals surface area contributed by atoms with Crippen molar-refractivity contribution in [2.45, 2.75) is 35.7 Å². The molecule has 0 bridgehead atoms. The molecular formula is C37H23F6N5O2. The molecule has 0 aromatic heterocycles. The number of carbonyl (C=O) groups excluding carboxylic acids is 1. The molecule has 5 atom stereocenters. The van der Waals surface area contributed by atoms with Crippen LogP contribution in [0, 0.1) is 50.2 Å². The Hall–Kier alpha value is -5.97. The van der Waals surface area contributed by atoms with Crippen molar-refractivity contribution in [2.24, 2.45) is 10.8 Å². The Bertz CT molecular complexity index is 2120. The average Bonchev–Trinajstić information content (AvgIpc) is 3.28. The smallest absolute Gasteiger partial charge is 0.377 e. The lowest BCUT2D eigenvalue weighted by Gasteiger charge is -2.57. The number of hydrogen-bond acceptors (Lipinski definition) is 6. The second-order valence-electron chi connectivity index (χ2n) is 12.1. The lowest BCUT2D eigenvalue weighted by molar-refractivity contribution is -0.154. The number of nitrogens with zero attached hydrogens (tertiary/aromatic N) is 4. The van der Waals surface area contributed by atoms with Crippen molar-refractivity contribution in [2.75, 3.05) is 4.90 Å². The first-order chi connectivity index (χ1) is 23.6. The molecule has 7 nitrogen and oxygen atoms in total. The SMILES string of the molecule is N#CC1(C#N)[C@@H](c2cccc(C(F)(F)F)c2)[C@]2(C#N)C(=N)N(c3ccccc3)C(=O)[C@]2(O)[C@@H](c2ccccc2)[C@@H]1c1cccc(C(F)(F)F)c1. The second kappa shape index (κ2) is 11.6. The number of anilines is 1. The molecule has 2 N–H and O–H groups in total. The summed E-state index contributed by atoms with van der Waals surface area (Å²) in [5, 5.41) is 56.0. The van der Waals surface area contributed by atoms with E-state index >= 15 is 0 Å². The molecule has 2 fully saturated rings. The Balaban J connectivity index is 1.83. The highest BCUT2D eigenvalue weighted by molar-refractivity contribution is 6.29. The minimum Gasteiger partial charge on any atom is -0.377 e. The van der Waals surface area contributed by atoms with Crippen LogP contribution in [0.25, 0.3) is 0 Å². The number of halogens is 6. The number of para-hydroxylation sites is 1. The van der Waals surface area contributed by atoms with E-state index in [2.05, 4.69) is 0 Å². The molecule has 0 radical (unpaired) electrons. The van der Waals surface area contributed by atoms with Gasteiger partial charge in [-0.15, -0.1) is 0 Å². The van der Waals surface area contributed by atoms with Gasteiger partial charge in [-0.3, -0.25) is 15.1 Å². The number of rotatable bonds is 4. The Labute approximate surface area is 281 Å². The first kappa shape index (κ1) is 33.9. The van der Waals surface area contributed by atoms with Crippen molar-refractivity contribution in [1.29, 1.82) is 21.2 Å². The number of amidine groups is 1.